The largest absolute Gasteiger partial charge is 0.478 e. The van der Waals surface area contributed by atoms with Crippen LogP contribution in [0.15, 0.2) is 18.2 Å². The van der Waals surface area contributed by atoms with E-state index in [1.165, 1.54) is 6.07 Å². The van der Waals surface area contributed by atoms with E-state index in [2.05, 4.69) is 5.32 Å². The molecule has 15 heavy (non-hydrogen) atoms. The number of benzene rings is 1. The van der Waals surface area contributed by atoms with Crippen molar-refractivity contribution in [3.63, 3.8) is 0 Å². The van der Waals surface area contributed by atoms with Crippen LogP contribution >= 0.6 is 11.6 Å². The average Bonchev–Trinajstić information content (AvgIpc) is 2.71. The fourth-order valence-electron chi connectivity index (χ4n) is 1.89. The fourth-order valence-corrected chi connectivity index (χ4v) is 2.14. The monoisotopic (exact) mass is 225 g/mol. The number of hydrogen-bond acceptors (Lipinski definition) is 2. The molecule has 1 aromatic rings. The summed E-state index contributed by atoms with van der Waals surface area (Å²) in [5, 5.41) is 12.8. The molecule has 2 N–H and O–H groups in total. The highest BCUT2D eigenvalue weighted by molar-refractivity contribution is 6.31. The van der Waals surface area contributed by atoms with Crippen molar-refractivity contribution in [2.45, 2.75) is 18.9 Å². The molecule has 1 heterocycles. The number of carboxylic acids is 1. The lowest BCUT2D eigenvalue weighted by atomic mass is 10.0. The summed E-state index contributed by atoms with van der Waals surface area (Å²) < 4.78 is 0. The Kier molecular flexibility index (Phi) is 2.93. The lowest BCUT2D eigenvalue weighted by Gasteiger charge is -2.13. The molecule has 0 unspecified atom stereocenters. The van der Waals surface area contributed by atoms with Crippen molar-refractivity contribution >= 4 is 17.6 Å². The first-order chi connectivity index (χ1) is 7.18. The highest BCUT2D eigenvalue weighted by Gasteiger charge is 2.19. The molecule has 4 heteroatoms. The van der Waals surface area contributed by atoms with Gasteiger partial charge in [-0.25, -0.2) is 4.79 Å². The minimum Gasteiger partial charge on any atom is -0.478 e. The molecule has 0 bridgehead atoms. The first-order valence-corrected chi connectivity index (χ1v) is 5.32. The van der Waals surface area contributed by atoms with E-state index < -0.39 is 5.97 Å². The molecule has 0 saturated carbocycles. The molecule has 1 fully saturated rings. The van der Waals surface area contributed by atoms with Crippen molar-refractivity contribution in [1.82, 2.24) is 5.32 Å². The van der Waals surface area contributed by atoms with Crippen molar-refractivity contribution in [3.8, 4) is 0 Å². The van der Waals surface area contributed by atoms with Gasteiger partial charge in [0.25, 0.3) is 0 Å². The smallest absolute Gasteiger partial charge is 0.335 e. The molecule has 1 aliphatic rings. The summed E-state index contributed by atoms with van der Waals surface area (Å²) in [7, 11) is 0. The van der Waals surface area contributed by atoms with E-state index >= 15 is 0 Å². The van der Waals surface area contributed by atoms with E-state index in [0.29, 0.717) is 10.6 Å². The lowest BCUT2D eigenvalue weighted by Crippen LogP contribution is -2.14. The zero-order valence-corrected chi connectivity index (χ0v) is 8.92. The summed E-state index contributed by atoms with van der Waals surface area (Å²) >= 11 is 6.05. The van der Waals surface area contributed by atoms with Gasteiger partial charge in [-0.1, -0.05) is 11.6 Å². The second-order valence-electron chi connectivity index (χ2n) is 3.69. The van der Waals surface area contributed by atoms with Crippen LogP contribution < -0.4 is 5.32 Å². The second kappa shape index (κ2) is 4.21. The highest BCUT2D eigenvalue weighted by atomic mass is 35.5. The first-order valence-electron chi connectivity index (χ1n) is 4.94. The van der Waals surface area contributed by atoms with Crippen LogP contribution in [0.1, 0.15) is 34.8 Å². The summed E-state index contributed by atoms with van der Waals surface area (Å²) in [5.74, 6) is -0.911. The summed E-state index contributed by atoms with van der Waals surface area (Å²) in [5.41, 5.74) is 1.19. The third kappa shape index (κ3) is 2.13. The number of carboxylic acid groups (broad SMARTS) is 1. The summed E-state index contributed by atoms with van der Waals surface area (Å²) in [6, 6.07) is 5.05. The molecule has 0 aromatic heterocycles. The number of carbonyl (C=O) groups is 1. The van der Waals surface area contributed by atoms with E-state index in [1.807, 2.05) is 0 Å². The van der Waals surface area contributed by atoms with E-state index in [9.17, 15) is 4.79 Å². The molecule has 2 rings (SSSR count). The van der Waals surface area contributed by atoms with E-state index in [-0.39, 0.29) is 6.04 Å². The standard InChI is InChI=1S/C11H12ClNO2/c12-9-4-3-7(11(14)15)6-8(9)10-2-1-5-13-10/h3-4,6,10,13H,1-2,5H2,(H,14,15)/t10-/m0/s1. The van der Waals surface area contributed by atoms with Crippen LogP contribution in [0.5, 0.6) is 0 Å². The SMILES string of the molecule is O=C(O)c1ccc(Cl)c([C@@H]2CCCN2)c1. The van der Waals surface area contributed by atoms with Gasteiger partial charge in [0.2, 0.25) is 0 Å². The molecule has 1 aromatic carbocycles. The van der Waals surface area contributed by atoms with Crippen molar-refractivity contribution in [2.75, 3.05) is 6.54 Å². The van der Waals surface area contributed by atoms with Crippen LogP contribution in [0.2, 0.25) is 5.02 Å². The van der Waals surface area contributed by atoms with E-state index in [0.717, 1.165) is 24.9 Å². The van der Waals surface area contributed by atoms with Crippen LogP contribution in [0.4, 0.5) is 0 Å². The third-order valence-electron chi connectivity index (χ3n) is 2.68. The molecule has 0 aliphatic carbocycles. The maximum absolute atomic E-state index is 10.8. The van der Waals surface area contributed by atoms with Gasteiger partial charge in [-0.3, -0.25) is 0 Å². The van der Waals surface area contributed by atoms with Gasteiger partial charge in [0, 0.05) is 11.1 Å². The number of nitrogens with one attached hydrogen (secondary N) is 1. The Morgan fingerprint density at radius 2 is 2.33 bits per heavy atom. The van der Waals surface area contributed by atoms with Crippen molar-refractivity contribution < 1.29 is 9.90 Å². The van der Waals surface area contributed by atoms with Crippen LogP contribution in [0.3, 0.4) is 0 Å². The normalized spacial score (nSPS) is 20.5. The van der Waals surface area contributed by atoms with Crippen LogP contribution in [0.25, 0.3) is 0 Å². The molecule has 1 aliphatic heterocycles. The minimum atomic E-state index is -0.911. The second-order valence-corrected chi connectivity index (χ2v) is 4.10. The van der Waals surface area contributed by atoms with Crippen LogP contribution in [-0.2, 0) is 0 Å². The number of halogens is 1. The Labute approximate surface area is 93.1 Å². The quantitative estimate of drug-likeness (QED) is 0.813. The molecule has 1 atom stereocenters. The predicted octanol–water partition coefficient (Wildman–Crippen LogP) is 2.46. The van der Waals surface area contributed by atoms with Gasteiger partial charge in [-0.2, -0.15) is 0 Å². The van der Waals surface area contributed by atoms with Crippen LogP contribution in [-0.4, -0.2) is 17.6 Å². The molecule has 3 nitrogen and oxygen atoms in total. The predicted molar refractivity (Wildman–Crippen MR) is 58.4 cm³/mol. The first kappa shape index (κ1) is 10.5. The fraction of sp³-hybridized carbons (Fsp3) is 0.364. The Balaban J connectivity index is 2.35. The van der Waals surface area contributed by atoms with Gasteiger partial charge >= 0.3 is 5.97 Å². The van der Waals surface area contributed by atoms with Gasteiger partial charge < -0.3 is 10.4 Å². The molecule has 0 radical (unpaired) electrons. The summed E-state index contributed by atoms with van der Waals surface area (Å²) in [6.45, 7) is 0.971. The average molecular weight is 226 g/mol. The van der Waals surface area contributed by atoms with E-state index in [4.69, 9.17) is 16.7 Å². The Hall–Kier alpha value is -1.06. The Bertz CT molecular complexity index is 386. The topological polar surface area (TPSA) is 49.3 Å². The van der Waals surface area contributed by atoms with E-state index in [1.54, 1.807) is 12.1 Å². The highest BCUT2D eigenvalue weighted by Crippen LogP contribution is 2.29. The summed E-state index contributed by atoms with van der Waals surface area (Å²) in [6.07, 6.45) is 2.13. The number of aromatic carboxylic acids is 1. The Morgan fingerprint density at radius 1 is 1.53 bits per heavy atom. The van der Waals surface area contributed by atoms with Gasteiger partial charge in [-0.05, 0) is 43.1 Å². The molecule has 0 spiro atoms. The molecule has 1 saturated heterocycles. The number of hydrogen-bond donors (Lipinski definition) is 2. The molecule has 80 valence electrons. The molecular weight excluding hydrogens is 214 g/mol. The van der Waals surface area contributed by atoms with Gasteiger partial charge in [0.05, 0.1) is 5.56 Å². The van der Waals surface area contributed by atoms with Gasteiger partial charge in [0.15, 0.2) is 0 Å². The number of rotatable bonds is 2. The zero-order chi connectivity index (χ0) is 10.8. The van der Waals surface area contributed by atoms with Gasteiger partial charge in [0.1, 0.15) is 0 Å². The zero-order valence-electron chi connectivity index (χ0n) is 8.16. The van der Waals surface area contributed by atoms with Crippen molar-refractivity contribution in [1.29, 1.82) is 0 Å². The van der Waals surface area contributed by atoms with Gasteiger partial charge in [-0.15, -0.1) is 0 Å². The third-order valence-corrected chi connectivity index (χ3v) is 3.02. The Morgan fingerprint density at radius 3 is 2.93 bits per heavy atom. The van der Waals surface area contributed by atoms with Crippen molar-refractivity contribution in [3.05, 3.63) is 34.3 Å². The molecule has 0 amide bonds. The lowest BCUT2D eigenvalue weighted by molar-refractivity contribution is 0.0696. The van der Waals surface area contributed by atoms with Crippen molar-refractivity contribution in [2.24, 2.45) is 0 Å². The molecular formula is C11H12ClNO2. The summed E-state index contributed by atoms with van der Waals surface area (Å²) in [4.78, 5) is 10.8. The maximum atomic E-state index is 10.8. The van der Waals surface area contributed by atoms with Crippen LogP contribution in [0, 0.1) is 0 Å². The minimum absolute atomic E-state index is 0.205. The maximum Gasteiger partial charge on any atom is 0.335 e.